The maximum Gasteiger partial charge on any atom is 0.0934 e. The van der Waals surface area contributed by atoms with Gasteiger partial charge < -0.3 is 15.3 Å². The van der Waals surface area contributed by atoms with Crippen LogP contribution in [-0.4, -0.2) is 32.8 Å². The summed E-state index contributed by atoms with van der Waals surface area (Å²) in [7, 11) is 5.85. The van der Waals surface area contributed by atoms with Crippen molar-refractivity contribution in [2.75, 3.05) is 32.6 Å². The molecule has 0 spiro atoms. The first-order valence-electron chi connectivity index (χ1n) is 5.58. The van der Waals surface area contributed by atoms with E-state index in [1.54, 1.807) is 0 Å². The molecule has 0 aliphatic rings. The number of nitrogens with one attached hydrogen (secondary N) is 1. The number of aliphatic hydroxyl groups is 1. The lowest BCUT2D eigenvalue weighted by Gasteiger charge is -2.22. The fourth-order valence-electron chi connectivity index (χ4n) is 1.78. The number of aryl methyl sites for hydroxylation is 2. The molecule has 1 aromatic carbocycles. The van der Waals surface area contributed by atoms with Gasteiger partial charge in [0.25, 0.3) is 0 Å². The topological polar surface area (TPSA) is 35.5 Å². The summed E-state index contributed by atoms with van der Waals surface area (Å²) in [6.07, 6.45) is -0.457. The Hall–Kier alpha value is -1.06. The van der Waals surface area contributed by atoms with Crippen LogP contribution in [0.1, 0.15) is 22.8 Å². The van der Waals surface area contributed by atoms with Crippen LogP contribution in [0.25, 0.3) is 0 Å². The summed E-state index contributed by atoms with van der Waals surface area (Å²) in [4.78, 5) is 2.04. The molecule has 0 saturated carbocycles. The lowest BCUT2D eigenvalue weighted by Crippen LogP contribution is -2.20. The standard InChI is InChI=1S/C13H22N2O/c1-9-6-11(13(16)8-14-3)12(15(4)5)7-10(9)2/h6-7,13-14,16H,8H2,1-5H3. The number of aliphatic hydroxyl groups excluding tert-OH is 1. The maximum absolute atomic E-state index is 10.1. The normalized spacial score (nSPS) is 12.6. The molecule has 2 N–H and O–H groups in total. The first kappa shape index (κ1) is 13.0. The Morgan fingerprint density at radius 2 is 1.81 bits per heavy atom. The molecule has 0 aromatic heterocycles. The highest BCUT2D eigenvalue weighted by Crippen LogP contribution is 2.28. The molecule has 1 aromatic rings. The van der Waals surface area contributed by atoms with Crippen LogP contribution in [0, 0.1) is 13.8 Å². The van der Waals surface area contributed by atoms with Gasteiger partial charge >= 0.3 is 0 Å². The third-order valence-corrected chi connectivity index (χ3v) is 2.88. The maximum atomic E-state index is 10.1. The van der Waals surface area contributed by atoms with Gasteiger partial charge in [0.1, 0.15) is 0 Å². The molecular weight excluding hydrogens is 200 g/mol. The van der Waals surface area contributed by atoms with Crippen LogP contribution in [0.15, 0.2) is 12.1 Å². The van der Waals surface area contributed by atoms with Gasteiger partial charge in [-0.05, 0) is 38.1 Å². The smallest absolute Gasteiger partial charge is 0.0934 e. The summed E-state index contributed by atoms with van der Waals surface area (Å²) in [6.45, 7) is 4.74. The number of nitrogens with zero attached hydrogens (tertiary/aromatic N) is 1. The monoisotopic (exact) mass is 222 g/mol. The van der Waals surface area contributed by atoms with Crippen LogP contribution >= 0.6 is 0 Å². The van der Waals surface area contributed by atoms with Crippen molar-refractivity contribution in [1.29, 1.82) is 0 Å². The molecule has 3 heteroatoms. The van der Waals surface area contributed by atoms with Crippen LogP contribution in [0.2, 0.25) is 0 Å². The van der Waals surface area contributed by atoms with Crippen LogP contribution in [0.3, 0.4) is 0 Å². The predicted octanol–water partition coefficient (Wildman–Crippen LogP) is 1.62. The van der Waals surface area contributed by atoms with E-state index in [4.69, 9.17) is 0 Å². The van der Waals surface area contributed by atoms with Gasteiger partial charge in [-0.25, -0.2) is 0 Å². The van der Waals surface area contributed by atoms with Crippen LogP contribution in [-0.2, 0) is 0 Å². The first-order chi connectivity index (χ1) is 7.47. The van der Waals surface area contributed by atoms with Gasteiger partial charge in [-0.15, -0.1) is 0 Å². The lowest BCUT2D eigenvalue weighted by molar-refractivity contribution is 0.178. The third kappa shape index (κ3) is 2.74. The minimum Gasteiger partial charge on any atom is -0.387 e. The fourth-order valence-corrected chi connectivity index (χ4v) is 1.78. The van der Waals surface area contributed by atoms with E-state index < -0.39 is 6.10 Å². The molecule has 3 nitrogen and oxygen atoms in total. The number of hydrogen-bond donors (Lipinski definition) is 2. The molecule has 0 amide bonds. The number of anilines is 1. The Kier molecular flexibility index (Phi) is 4.33. The number of likely N-dealkylation sites (N-methyl/N-ethyl adjacent to an activating group) is 1. The molecule has 0 heterocycles. The minimum atomic E-state index is -0.457. The van der Waals surface area contributed by atoms with E-state index in [0.717, 1.165) is 11.3 Å². The predicted molar refractivity (Wildman–Crippen MR) is 69.1 cm³/mol. The van der Waals surface area contributed by atoms with Crippen LogP contribution < -0.4 is 10.2 Å². The highest BCUT2D eigenvalue weighted by Gasteiger charge is 2.14. The molecule has 0 radical (unpaired) electrons. The second-order valence-electron chi connectivity index (χ2n) is 4.46. The van der Waals surface area contributed by atoms with E-state index in [2.05, 4.69) is 31.3 Å². The van der Waals surface area contributed by atoms with Crippen molar-refractivity contribution >= 4 is 5.69 Å². The Bertz CT molecular complexity index is 361. The summed E-state index contributed by atoms with van der Waals surface area (Å²) in [5.41, 5.74) is 4.55. The van der Waals surface area contributed by atoms with E-state index >= 15 is 0 Å². The highest BCUT2D eigenvalue weighted by atomic mass is 16.3. The van der Waals surface area contributed by atoms with Crippen LogP contribution in [0.5, 0.6) is 0 Å². The molecule has 1 atom stereocenters. The molecule has 0 aliphatic carbocycles. The fraction of sp³-hybridized carbons (Fsp3) is 0.538. The first-order valence-corrected chi connectivity index (χ1v) is 5.58. The molecule has 0 fully saturated rings. The van der Waals surface area contributed by atoms with Crippen molar-refractivity contribution in [3.63, 3.8) is 0 Å². The van der Waals surface area contributed by atoms with E-state index in [1.165, 1.54) is 11.1 Å². The van der Waals surface area contributed by atoms with Crippen molar-refractivity contribution in [3.05, 3.63) is 28.8 Å². The van der Waals surface area contributed by atoms with Crippen LogP contribution in [0.4, 0.5) is 5.69 Å². The van der Waals surface area contributed by atoms with Gasteiger partial charge in [0, 0.05) is 31.9 Å². The van der Waals surface area contributed by atoms with Gasteiger partial charge in [-0.2, -0.15) is 0 Å². The van der Waals surface area contributed by atoms with Gasteiger partial charge in [0.2, 0.25) is 0 Å². The Morgan fingerprint density at radius 3 is 2.31 bits per heavy atom. The second kappa shape index (κ2) is 5.32. The summed E-state index contributed by atoms with van der Waals surface area (Å²) in [5.74, 6) is 0. The van der Waals surface area contributed by atoms with Crippen molar-refractivity contribution in [1.82, 2.24) is 5.32 Å². The summed E-state index contributed by atoms with van der Waals surface area (Å²) in [6, 6.07) is 4.20. The molecule has 16 heavy (non-hydrogen) atoms. The SMILES string of the molecule is CNCC(O)c1cc(C)c(C)cc1N(C)C. The van der Waals surface area contributed by atoms with Crippen molar-refractivity contribution in [3.8, 4) is 0 Å². The summed E-state index contributed by atoms with van der Waals surface area (Å²) in [5, 5.41) is 13.1. The Labute approximate surface area is 98.1 Å². The third-order valence-electron chi connectivity index (χ3n) is 2.88. The molecule has 0 bridgehead atoms. The molecule has 1 rings (SSSR count). The van der Waals surface area contributed by atoms with Crippen molar-refractivity contribution in [2.24, 2.45) is 0 Å². The van der Waals surface area contributed by atoms with Gasteiger partial charge in [0.05, 0.1) is 6.10 Å². The lowest BCUT2D eigenvalue weighted by atomic mass is 9.99. The largest absolute Gasteiger partial charge is 0.387 e. The van der Waals surface area contributed by atoms with Crippen molar-refractivity contribution in [2.45, 2.75) is 20.0 Å². The van der Waals surface area contributed by atoms with E-state index in [9.17, 15) is 5.11 Å². The quantitative estimate of drug-likeness (QED) is 0.812. The zero-order valence-electron chi connectivity index (χ0n) is 10.8. The van der Waals surface area contributed by atoms with Gasteiger partial charge in [-0.1, -0.05) is 6.07 Å². The molecular formula is C13H22N2O. The van der Waals surface area contributed by atoms with Gasteiger partial charge in [-0.3, -0.25) is 0 Å². The molecule has 90 valence electrons. The Balaban J connectivity index is 3.19. The zero-order valence-corrected chi connectivity index (χ0v) is 10.8. The Morgan fingerprint density at radius 1 is 1.25 bits per heavy atom. The minimum absolute atomic E-state index is 0.457. The second-order valence-corrected chi connectivity index (χ2v) is 4.46. The number of hydrogen-bond acceptors (Lipinski definition) is 3. The average molecular weight is 222 g/mol. The van der Waals surface area contributed by atoms with E-state index in [0.29, 0.717) is 6.54 Å². The highest BCUT2D eigenvalue weighted by molar-refractivity contribution is 5.57. The van der Waals surface area contributed by atoms with E-state index in [-0.39, 0.29) is 0 Å². The number of rotatable bonds is 4. The van der Waals surface area contributed by atoms with Crippen molar-refractivity contribution < 1.29 is 5.11 Å². The zero-order chi connectivity index (χ0) is 12.3. The van der Waals surface area contributed by atoms with E-state index in [1.807, 2.05) is 26.0 Å². The summed E-state index contributed by atoms with van der Waals surface area (Å²) >= 11 is 0. The molecule has 0 saturated heterocycles. The average Bonchev–Trinajstić information content (AvgIpc) is 2.21. The van der Waals surface area contributed by atoms with Gasteiger partial charge in [0.15, 0.2) is 0 Å². The number of benzene rings is 1. The molecule has 1 unspecified atom stereocenters. The summed E-state index contributed by atoms with van der Waals surface area (Å²) < 4.78 is 0. The molecule has 0 aliphatic heterocycles.